The summed E-state index contributed by atoms with van der Waals surface area (Å²) in [5.74, 6) is 0.643. The van der Waals surface area contributed by atoms with Crippen LogP contribution in [-0.4, -0.2) is 24.7 Å². The Kier molecular flexibility index (Phi) is 6.32. The Labute approximate surface area is 189 Å². The van der Waals surface area contributed by atoms with E-state index in [2.05, 4.69) is 33.0 Å². The molecule has 30 heavy (non-hydrogen) atoms. The molecular weight excluding hydrogens is 439 g/mol. The fourth-order valence-electron chi connectivity index (χ4n) is 2.91. The predicted molar refractivity (Wildman–Crippen MR) is 125 cm³/mol. The van der Waals surface area contributed by atoms with Gasteiger partial charge in [0.15, 0.2) is 10.9 Å². The van der Waals surface area contributed by atoms with Gasteiger partial charge in [0.1, 0.15) is 0 Å². The van der Waals surface area contributed by atoms with Crippen molar-refractivity contribution in [1.82, 2.24) is 19.6 Å². The Bertz CT molecular complexity index is 1160. The zero-order valence-corrected chi connectivity index (χ0v) is 18.1. The van der Waals surface area contributed by atoms with E-state index in [4.69, 9.17) is 35.4 Å². The first-order valence-electron chi connectivity index (χ1n) is 9.17. The van der Waals surface area contributed by atoms with Crippen LogP contribution in [0.1, 0.15) is 11.1 Å². The second-order valence-corrected chi connectivity index (χ2v) is 7.86. The molecular formula is C21H18Cl2N6S. The van der Waals surface area contributed by atoms with Gasteiger partial charge in [0.25, 0.3) is 0 Å². The van der Waals surface area contributed by atoms with Crippen LogP contribution in [0, 0.1) is 0 Å². The molecule has 2 N–H and O–H groups in total. The van der Waals surface area contributed by atoms with E-state index >= 15 is 0 Å². The number of nitrogens with zero attached hydrogens (tertiary/aromatic N) is 4. The maximum absolute atomic E-state index is 6.07. The minimum absolute atomic E-state index is 0.439. The summed E-state index contributed by atoms with van der Waals surface area (Å²) >= 11 is 17.4. The monoisotopic (exact) mass is 456 g/mol. The van der Waals surface area contributed by atoms with Crippen molar-refractivity contribution in [2.45, 2.75) is 13.1 Å². The normalized spacial score (nSPS) is 10.7. The molecule has 0 aliphatic carbocycles. The van der Waals surface area contributed by atoms with E-state index in [1.165, 1.54) is 5.56 Å². The van der Waals surface area contributed by atoms with Gasteiger partial charge in [-0.05, 0) is 35.5 Å². The van der Waals surface area contributed by atoms with Crippen LogP contribution in [0.5, 0.6) is 0 Å². The molecule has 4 rings (SSSR count). The minimum Gasteiger partial charge on any atom is -0.330 e. The molecule has 0 unspecified atom stereocenters. The maximum Gasteiger partial charge on any atom is 0.176 e. The molecule has 0 amide bonds. The van der Waals surface area contributed by atoms with Gasteiger partial charge >= 0.3 is 0 Å². The van der Waals surface area contributed by atoms with Crippen LogP contribution in [0.15, 0.2) is 73.2 Å². The number of halogens is 2. The smallest absolute Gasteiger partial charge is 0.176 e. The molecule has 0 aliphatic rings. The topological polar surface area (TPSA) is 59.7 Å². The summed E-state index contributed by atoms with van der Waals surface area (Å²) < 4.78 is 3.65. The average Bonchev–Trinajstić information content (AvgIpc) is 3.35. The van der Waals surface area contributed by atoms with Crippen molar-refractivity contribution in [3.63, 3.8) is 0 Å². The summed E-state index contributed by atoms with van der Waals surface area (Å²) in [6, 6.07) is 17.5. The summed E-state index contributed by atoms with van der Waals surface area (Å²) in [4.78, 5) is 0. The molecule has 0 aliphatic heterocycles. The first-order valence-corrected chi connectivity index (χ1v) is 10.3. The zero-order chi connectivity index (χ0) is 20.9. The molecule has 0 atom stereocenters. The van der Waals surface area contributed by atoms with Crippen LogP contribution in [0.3, 0.4) is 0 Å². The van der Waals surface area contributed by atoms with Gasteiger partial charge in [0, 0.05) is 18.5 Å². The van der Waals surface area contributed by atoms with E-state index in [1.807, 2.05) is 53.5 Å². The van der Waals surface area contributed by atoms with Crippen molar-refractivity contribution in [3.05, 3.63) is 94.4 Å². The third kappa shape index (κ3) is 5.38. The fourth-order valence-corrected chi connectivity index (χ4v) is 3.45. The molecule has 0 saturated carbocycles. The maximum atomic E-state index is 6.07. The lowest BCUT2D eigenvalue weighted by molar-refractivity contribution is 0.687. The molecule has 0 saturated heterocycles. The summed E-state index contributed by atoms with van der Waals surface area (Å²) in [5.41, 5.74) is 2.99. The number of hydrogen-bond donors (Lipinski definition) is 2. The number of anilines is 2. The molecule has 152 valence electrons. The highest BCUT2D eigenvalue weighted by Gasteiger charge is 2.06. The minimum atomic E-state index is 0.439. The van der Waals surface area contributed by atoms with E-state index < -0.39 is 0 Å². The van der Waals surface area contributed by atoms with Gasteiger partial charge in [0.2, 0.25) is 0 Å². The summed E-state index contributed by atoms with van der Waals surface area (Å²) in [6.07, 6.45) is 5.51. The van der Waals surface area contributed by atoms with Gasteiger partial charge in [-0.3, -0.25) is 9.36 Å². The Morgan fingerprint density at radius 3 is 2.50 bits per heavy atom. The lowest BCUT2D eigenvalue weighted by Gasteiger charge is -2.07. The predicted octanol–water partition coefficient (Wildman–Crippen LogP) is 5.29. The molecule has 0 radical (unpaired) electrons. The molecule has 2 aromatic carbocycles. The van der Waals surface area contributed by atoms with Crippen molar-refractivity contribution in [2.75, 3.05) is 10.6 Å². The number of nitrogens with one attached hydrogen (secondary N) is 2. The Balaban J connectivity index is 1.32. The number of aromatic nitrogens is 4. The molecule has 6 nitrogen and oxygen atoms in total. The highest BCUT2D eigenvalue weighted by Crippen LogP contribution is 2.23. The first-order chi connectivity index (χ1) is 14.5. The van der Waals surface area contributed by atoms with Gasteiger partial charge in [-0.2, -0.15) is 10.2 Å². The van der Waals surface area contributed by atoms with Crippen molar-refractivity contribution in [1.29, 1.82) is 0 Å². The third-order valence-corrected chi connectivity index (χ3v) is 5.23. The van der Waals surface area contributed by atoms with Crippen LogP contribution in [-0.2, 0) is 13.1 Å². The molecule has 2 aromatic heterocycles. The summed E-state index contributed by atoms with van der Waals surface area (Å²) in [6.45, 7) is 1.27. The quantitative estimate of drug-likeness (QED) is 0.385. The van der Waals surface area contributed by atoms with Crippen molar-refractivity contribution < 1.29 is 0 Å². The Hall–Kier alpha value is -2.87. The van der Waals surface area contributed by atoms with Crippen LogP contribution >= 0.6 is 35.4 Å². The molecule has 0 fully saturated rings. The SMILES string of the molecule is S=C(Nc1cnn(Cc2ccccc2)c1)Nc1ccn(Cc2ccc(Cl)c(Cl)c2)n1. The standard InChI is InChI=1S/C21H18Cl2N6S/c22-18-7-6-16(10-19(18)23)13-28-9-8-20(27-28)26-21(30)25-17-11-24-29(14-17)12-15-4-2-1-3-5-15/h1-11,14H,12-13H2,(H2,25,26,27,30). The first kappa shape index (κ1) is 20.4. The van der Waals surface area contributed by atoms with E-state index in [-0.39, 0.29) is 0 Å². The summed E-state index contributed by atoms with van der Waals surface area (Å²) in [5, 5.41) is 16.5. The van der Waals surface area contributed by atoms with E-state index in [0.717, 1.165) is 11.3 Å². The molecule has 9 heteroatoms. The summed E-state index contributed by atoms with van der Waals surface area (Å²) in [7, 11) is 0. The van der Waals surface area contributed by atoms with Gasteiger partial charge in [-0.25, -0.2) is 0 Å². The van der Waals surface area contributed by atoms with Gasteiger partial charge in [0.05, 0.1) is 35.0 Å². The second-order valence-electron chi connectivity index (χ2n) is 6.64. The highest BCUT2D eigenvalue weighted by atomic mass is 35.5. The zero-order valence-electron chi connectivity index (χ0n) is 15.8. The Morgan fingerprint density at radius 1 is 0.900 bits per heavy atom. The second kappa shape index (κ2) is 9.30. The number of benzene rings is 2. The molecule has 0 spiro atoms. The Morgan fingerprint density at radius 2 is 1.70 bits per heavy atom. The van der Waals surface area contributed by atoms with Gasteiger partial charge in [-0.15, -0.1) is 0 Å². The number of thiocarbonyl (C=S) groups is 1. The molecule has 0 bridgehead atoms. The average molecular weight is 457 g/mol. The lowest BCUT2D eigenvalue weighted by Crippen LogP contribution is -2.19. The fraction of sp³-hybridized carbons (Fsp3) is 0.0952. The van der Waals surface area contributed by atoms with Crippen LogP contribution in [0.4, 0.5) is 11.5 Å². The van der Waals surface area contributed by atoms with Gasteiger partial charge < -0.3 is 10.6 Å². The number of hydrogen-bond acceptors (Lipinski definition) is 3. The van der Waals surface area contributed by atoms with Crippen molar-refractivity contribution >= 4 is 52.0 Å². The van der Waals surface area contributed by atoms with Crippen molar-refractivity contribution in [2.24, 2.45) is 0 Å². The van der Waals surface area contributed by atoms with Crippen LogP contribution in [0.25, 0.3) is 0 Å². The van der Waals surface area contributed by atoms with Gasteiger partial charge in [-0.1, -0.05) is 59.6 Å². The lowest BCUT2D eigenvalue weighted by atomic mass is 10.2. The van der Waals surface area contributed by atoms with E-state index in [0.29, 0.717) is 34.1 Å². The van der Waals surface area contributed by atoms with E-state index in [1.54, 1.807) is 16.9 Å². The molecule has 4 aromatic rings. The third-order valence-electron chi connectivity index (χ3n) is 4.29. The van der Waals surface area contributed by atoms with Crippen molar-refractivity contribution in [3.8, 4) is 0 Å². The number of rotatable bonds is 6. The highest BCUT2D eigenvalue weighted by molar-refractivity contribution is 7.80. The van der Waals surface area contributed by atoms with E-state index in [9.17, 15) is 0 Å². The van der Waals surface area contributed by atoms with Crippen LogP contribution < -0.4 is 10.6 Å². The molecule has 2 heterocycles. The van der Waals surface area contributed by atoms with Crippen LogP contribution in [0.2, 0.25) is 10.0 Å². The largest absolute Gasteiger partial charge is 0.330 e.